The summed E-state index contributed by atoms with van der Waals surface area (Å²) < 4.78 is 70.1. The van der Waals surface area contributed by atoms with E-state index < -0.39 is 47.3 Å². The first kappa shape index (κ1) is 25.7. The molecule has 4 atom stereocenters. The molecule has 3 fully saturated rings. The van der Waals surface area contributed by atoms with Crippen molar-refractivity contribution in [2.45, 2.75) is 56.7 Å². The third kappa shape index (κ3) is 4.41. The largest absolute Gasteiger partial charge is 0.381 e. The van der Waals surface area contributed by atoms with Gasteiger partial charge in [-0.05, 0) is 45.1 Å². The number of pyridine rings is 1. The molecule has 200 valence electrons. The third-order valence-corrected chi connectivity index (χ3v) is 8.21. The maximum atomic E-state index is 14.7. The molecule has 2 heterocycles. The van der Waals surface area contributed by atoms with Crippen molar-refractivity contribution in [2.24, 2.45) is 11.8 Å². The molecule has 1 amide bonds. The molecule has 2 aliphatic carbocycles. The van der Waals surface area contributed by atoms with Crippen molar-refractivity contribution in [1.29, 1.82) is 0 Å². The van der Waals surface area contributed by atoms with Crippen LogP contribution in [0.1, 0.15) is 60.1 Å². The molecule has 37 heavy (non-hydrogen) atoms. The zero-order chi connectivity index (χ0) is 26.6. The fourth-order valence-electron chi connectivity index (χ4n) is 5.84. The van der Waals surface area contributed by atoms with Crippen molar-refractivity contribution in [3.8, 4) is 0 Å². The van der Waals surface area contributed by atoms with Crippen LogP contribution in [0, 0.1) is 17.7 Å². The summed E-state index contributed by atoms with van der Waals surface area (Å²) in [4.78, 5) is 28.6. The minimum atomic E-state index is -3.02. The number of piperidine rings is 1. The Kier molecular flexibility index (Phi) is 6.54. The van der Waals surface area contributed by atoms with Crippen LogP contribution in [0.4, 0.5) is 27.6 Å². The number of carbonyl (C=O) groups excluding carboxylic acids is 1. The van der Waals surface area contributed by atoms with Gasteiger partial charge in [-0.1, -0.05) is 18.2 Å². The van der Waals surface area contributed by atoms with Crippen LogP contribution in [0.5, 0.6) is 0 Å². The highest BCUT2D eigenvalue weighted by Crippen LogP contribution is 2.47. The zero-order valence-electron chi connectivity index (χ0n) is 20.5. The lowest BCUT2D eigenvalue weighted by molar-refractivity contribution is -0.0504. The van der Waals surface area contributed by atoms with E-state index in [9.17, 15) is 31.5 Å². The summed E-state index contributed by atoms with van der Waals surface area (Å²) >= 11 is 0. The number of fused-ring (bicyclic) bond motifs is 1. The van der Waals surface area contributed by atoms with Gasteiger partial charge in [0.05, 0.1) is 22.9 Å². The Morgan fingerprint density at radius 3 is 2.32 bits per heavy atom. The summed E-state index contributed by atoms with van der Waals surface area (Å²) in [5.74, 6) is -1.13. The molecule has 5 rings (SSSR count). The molecule has 6 nitrogen and oxygen atoms in total. The second-order valence-electron chi connectivity index (χ2n) is 10.5. The number of likely N-dealkylation sites (tertiary alicyclic amines) is 1. The second-order valence-corrected chi connectivity index (χ2v) is 10.5. The third-order valence-electron chi connectivity index (χ3n) is 8.21. The topological polar surface area (TPSA) is 66.4 Å². The molecule has 0 radical (unpaired) electrons. The van der Waals surface area contributed by atoms with E-state index in [2.05, 4.69) is 15.5 Å². The highest BCUT2D eigenvalue weighted by molar-refractivity contribution is 5.99. The SMILES string of the molecule is C[C@@H](NC(=O)c1cn(C2(C(F)F)CCC2)c(=O)cc1N[C@@H]1[C@@H]2CN(C)C[C@@H]21)c1cccc(C(F)F)c1F. The van der Waals surface area contributed by atoms with Gasteiger partial charge >= 0.3 is 0 Å². The minimum absolute atomic E-state index is 0.0258. The minimum Gasteiger partial charge on any atom is -0.381 e. The molecule has 11 heteroatoms. The molecule has 1 aromatic heterocycles. The van der Waals surface area contributed by atoms with Crippen molar-refractivity contribution in [3.05, 3.63) is 63.3 Å². The number of benzene rings is 1. The van der Waals surface area contributed by atoms with E-state index in [1.807, 2.05) is 7.05 Å². The standard InChI is InChI=1S/C26H29F5N4O2/c1-13(14-5-3-6-15(21(14)27)23(28)29)32-24(37)18-12-35(26(25(30)31)7-4-8-26)20(36)9-19(18)33-22-16-10-34(2)11-17(16)22/h3,5-6,9,12-13,16-17,22-23,25,33H,4,7-8,10-11H2,1-2H3,(H,32,37)/t13-,16-,17+,22-/m1/s1. The van der Waals surface area contributed by atoms with Gasteiger partial charge in [-0.25, -0.2) is 22.0 Å². The fourth-order valence-corrected chi connectivity index (χ4v) is 5.84. The van der Waals surface area contributed by atoms with E-state index in [1.54, 1.807) is 0 Å². The van der Waals surface area contributed by atoms with Crippen LogP contribution in [-0.2, 0) is 5.54 Å². The van der Waals surface area contributed by atoms with Crippen LogP contribution >= 0.6 is 0 Å². The average Bonchev–Trinajstić information content (AvgIpc) is 3.24. The molecule has 2 N–H and O–H groups in total. The molecule has 2 aromatic rings. The van der Waals surface area contributed by atoms with E-state index in [1.165, 1.54) is 25.1 Å². The van der Waals surface area contributed by atoms with E-state index in [-0.39, 0.29) is 35.7 Å². The van der Waals surface area contributed by atoms with Gasteiger partial charge in [0.25, 0.3) is 24.3 Å². The molecule has 1 saturated heterocycles. The molecule has 3 aliphatic rings. The van der Waals surface area contributed by atoms with E-state index in [0.29, 0.717) is 18.3 Å². The summed E-state index contributed by atoms with van der Waals surface area (Å²) in [6.07, 6.45) is -3.90. The van der Waals surface area contributed by atoms with Crippen LogP contribution < -0.4 is 16.2 Å². The molecule has 0 unspecified atom stereocenters. The number of rotatable bonds is 8. The van der Waals surface area contributed by atoms with Gasteiger partial charge in [0.1, 0.15) is 11.4 Å². The van der Waals surface area contributed by atoms with Gasteiger partial charge in [-0.3, -0.25) is 9.59 Å². The molecule has 0 spiro atoms. The van der Waals surface area contributed by atoms with Gasteiger partial charge in [-0.15, -0.1) is 0 Å². The van der Waals surface area contributed by atoms with Crippen LogP contribution in [0.25, 0.3) is 0 Å². The van der Waals surface area contributed by atoms with Gasteiger partial charge in [-0.2, -0.15) is 0 Å². The van der Waals surface area contributed by atoms with Crippen LogP contribution in [-0.4, -0.2) is 48.0 Å². The number of aromatic nitrogens is 1. The number of hydrogen-bond donors (Lipinski definition) is 2. The Morgan fingerprint density at radius 1 is 1.11 bits per heavy atom. The molecular weight excluding hydrogens is 495 g/mol. The maximum absolute atomic E-state index is 14.7. The highest BCUT2D eigenvalue weighted by atomic mass is 19.3. The lowest BCUT2D eigenvalue weighted by atomic mass is 9.76. The normalized spacial score (nSPS) is 25.1. The number of nitrogens with zero attached hydrogens (tertiary/aromatic N) is 2. The average molecular weight is 525 g/mol. The zero-order valence-corrected chi connectivity index (χ0v) is 20.5. The highest BCUT2D eigenvalue weighted by Gasteiger charge is 2.55. The first-order valence-corrected chi connectivity index (χ1v) is 12.4. The van der Waals surface area contributed by atoms with Crippen LogP contribution in [0.15, 0.2) is 35.3 Å². The Labute approximate surface area is 210 Å². The molecule has 1 aliphatic heterocycles. The number of alkyl halides is 4. The van der Waals surface area contributed by atoms with Crippen molar-refractivity contribution in [3.63, 3.8) is 0 Å². The molecular formula is C26H29F5N4O2. The van der Waals surface area contributed by atoms with Crippen LogP contribution in [0.2, 0.25) is 0 Å². The van der Waals surface area contributed by atoms with Gasteiger partial charge < -0.3 is 20.1 Å². The Hall–Kier alpha value is -2.95. The van der Waals surface area contributed by atoms with Crippen LogP contribution in [0.3, 0.4) is 0 Å². The fraction of sp³-hybridized carbons (Fsp3) is 0.538. The predicted octanol–water partition coefficient (Wildman–Crippen LogP) is 4.53. The number of hydrogen-bond acceptors (Lipinski definition) is 4. The summed E-state index contributed by atoms with van der Waals surface area (Å²) in [6, 6.07) is 3.78. The Bertz CT molecular complexity index is 1250. The summed E-state index contributed by atoms with van der Waals surface area (Å²) in [5, 5.41) is 5.86. The van der Waals surface area contributed by atoms with Gasteiger partial charge in [0.2, 0.25) is 0 Å². The first-order valence-electron chi connectivity index (χ1n) is 12.4. The number of amides is 1. The molecule has 1 aromatic carbocycles. The van der Waals surface area contributed by atoms with Crippen molar-refractivity contribution in [2.75, 3.05) is 25.5 Å². The Balaban J connectivity index is 1.47. The molecule has 2 saturated carbocycles. The Morgan fingerprint density at radius 2 is 1.76 bits per heavy atom. The van der Waals surface area contributed by atoms with E-state index >= 15 is 0 Å². The van der Waals surface area contributed by atoms with Crippen molar-refractivity contribution in [1.82, 2.24) is 14.8 Å². The van der Waals surface area contributed by atoms with E-state index in [0.717, 1.165) is 29.9 Å². The maximum Gasteiger partial charge on any atom is 0.266 e. The smallest absolute Gasteiger partial charge is 0.266 e. The monoisotopic (exact) mass is 524 g/mol. The summed E-state index contributed by atoms with van der Waals surface area (Å²) in [6.45, 7) is 3.18. The number of nitrogens with one attached hydrogen (secondary N) is 2. The number of halogens is 5. The molecule has 0 bridgehead atoms. The number of anilines is 1. The second kappa shape index (κ2) is 9.41. The summed E-state index contributed by atoms with van der Waals surface area (Å²) in [7, 11) is 2.01. The van der Waals surface area contributed by atoms with Gasteiger partial charge in [0, 0.05) is 37.0 Å². The lowest BCUT2D eigenvalue weighted by Gasteiger charge is -2.42. The number of carbonyl (C=O) groups is 1. The first-order chi connectivity index (χ1) is 17.5. The van der Waals surface area contributed by atoms with Gasteiger partial charge in [0.15, 0.2) is 0 Å². The van der Waals surface area contributed by atoms with Crippen molar-refractivity contribution >= 4 is 11.6 Å². The summed E-state index contributed by atoms with van der Waals surface area (Å²) in [5.41, 5.74) is -3.01. The quantitative estimate of drug-likeness (QED) is 0.498. The van der Waals surface area contributed by atoms with Crippen molar-refractivity contribution < 1.29 is 26.7 Å². The lowest BCUT2D eigenvalue weighted by Crippen LogP contribution is -2.51. The van der Waals surface area contributed by atoms with E-state index in [4.69, 9.17) is 0 Å². The predicted molar refractivity (Wildman–Crippen MR) is 128 cm³/mol.